The van der Waals surface area contributed by atoms with Crippen molar-refractivity contribution in [2.45, 2.75) is 26.2 Å². The molecule has 1 aliphatic carbocycles. The summed E-state index contributed by atoms with van der Waals surface area (Å²) in [5, 5.41) is 8.78. The molecular weight excluding hydrogens is 248 g/mol. The number of allylic oxidation sites excluding steroid dienone is 2. The first kappa shape index (κ1) is 14.2. The predicted octanol–water partition coefficient (Wildman–Crippen LogP) is 3.73. The fraction of sp³-hybridized carbons (Fsp3) is 0.353. The van der Waals surface area contributed by atoms with Gasteiger partial charge in [0.25, 0.3) is 0 Å². The second-order valence-corrected chi connectivity index (χ2v) is 4.75. The van der Waals surface area contributed by atoms with Crippen LogP contribution < -0.4 is 4.74 Å². The number of aryl methyl sites for hydroxylation is 1. The Morgan fingerprint density at radius 1 is 1.40 bits per heavy atom. The number of ether oxygens (including phenoxy) is 1. The normalized spacial score (nSPS) is 13.6. The quantitative estimate of drug-likeness (QED) is 0.816. The van der Waals surface area contributed by atoms with Crippen LogP contribution in [-0.2, 0) is 6.42 Å². The van der Waals surface area contributed by atoms with Crippen molar-refractivity contribution in [1.29, 1.82) is 5.26 Å². The summed E-state index contributed by atoms with van der Waals surface area (Å²) in [6, 6.07) is 8.39. The lowest BCUT2D eigenvalue weighted by atomic mass is 9.94. The van der Waals surface area contributed by atoms with Gasteiger partial charge < -0.3 is 9.64 Å². The van der Waals surface area contributed by atoms with Gasteiger partial charge in [-0.25, -0.2) is 0 Å². The molecule has 0 aliphatic heterocycles. The van der Waals surface area contributed by atoms with Crippen LogP contribution in [0.3, 0.4) is 0 Å². The zero-order valence-electron chi connectivity index (χ0n) is 12.1. The molecule has 0 amide bonds. The number of rotatable bonds is 5. The zero-order valence-corrected chi connectivity index (χ0v) is 12.1. The van der Waals surface area contributed by atoms with E-state index in [9.17, 15) is 0 Å². The van der Waals surface area contributed by atoms with Crippen molar-refractivity contribution in [2.24, 2.45) is 0 Å². The Labute approximate surface area is 120 Å². The lowest BCUT2D eigenvalue weighted by molar-refractivity contribution is 0.411. The molecule has 0 heterocycles. The minimum absolute atomic E-state index is 0.528. The second-order valence-electron chi connectivity index (χ2n) is 4.75. The smallest absolute Gasteiger partial charge is 0.126 e. The van der Waals surface area contributed by atoms with Crippen LogP contribution in [0.4, 0.5) is 0 Å². The van der Waals surface area contributed by atoms with Crippen molar-refractivity contribution in [2.75, 3.05) is 13.7 Å². The molecule has 2 rings (SSSR count). The van der Waals surface area contributed by atoms with E-state index in [4.69, 9.17) is 10.00 Å². The van der Waals surface area contributed by atoms with E-state index < -0.39 is 0 Å². The minimum Gasteiger partial charge on any atom is -0.496 e. The van der Waals surface area contributed by atoms with Crippen LogP contribution in [0.15, 0.2) is 36.2 Å². The van der Waals surface area contributed by atoms with Gasteiger partial charge in [0.2, 0.25) is 0 Å². The Kier molecular flexibility index (Phi) is 4.84. The highest BCUT2D eigenvalue weighted by Crippen LogP contribution is 2.32. The van der Waals surface area contributed by atoms with Crippen molar-refractivity contribution < 1.29 is 4.74 Å². The molecule has 104 valence electrons. The number of methoxy groups -OCH3 is 1. The van der Waals surface area contributed by atoms with Gasteiger partial charge in [0.1, 0.15) is 5.75 Å². The largest absolute Gasteiger partial charge is 0.496 e. The van der Waals surface area contributed by atoms with Gasteiger partial charge in [-0.2, -0.15) is 5.26 Å². The molecule has 0 atom stereocenters. The molecule has 0 spiro atoms. The first-order valence-electron chi connectivity index (χ1n) is 6.93. The van der Waals surface area contributed by atoms with Crippen molar-refractivity contribution in [3.63, 3.8) is 0 Å². The van der Waals surface area contributed by atoms with Crippen LogP contribution in [-0.4, -0.2) is 18.6 Å². The summed E-state index contributed by atoms with van der Waals surface area (Å²) in [5.74, 6) is 0.917. The van der Waals surface area contributed by atoms with Crippen molar-refractivity contribution in [3.8, 4) is 11.8 Å². The molecule has 3 heteroatoms. The molecule has 0 fully saturated rings. The van der Waals surface area contributed by atoms with Crippen LogP contribution in [0.25, 0.3) is 6.08 Å². The summed E-state index contributed by atoms with van der Waals surface area (Å²) in [6.45, 7) is 2.73. The highest BCUT2D eigenvalue weighted by Gasteiger charge is 2.16. The molecule has 3 nitrogen and oxygen atoms in total. The number of benzene rings is 1. The van der Waals surface area contributed by atoms with E-state index >= 15 is 0 Å². The molecule has 20 heavy (non-hydrogen) atoms. The number of hydrogen-bond donors (Lipinski definition) is 0. The maximum Gasteiger partial charge on any atom is 0.126 e. The van der Waals surface area contributed by atoms with Crippen LogP contribution in [0, 0.1) is 11.3 Å². The number of hydrogen-bond acceptors (Lipinski definition) is 3. The Hall–Kier alpha value is -2.21. The lowest BCUT2D eigenvalue weighted by Gasteiger charge is -2.27. The van der Waals surface area contributed by atoms with E-state index in [1.807, 2.05) is 31.3 Å². The third-order valence-corrected chi connectivity index (χ3v) is 3.50. The van der Waals surface area contributed by atoms with Gasteiger partial charge in [0, 0.05) is 17.8 Å². The Bertz CT molecular complexity index is 567. The summed E-state index contributed by atoms with van der Waals surface area (Å²) >= 11 is 0. The van der Waals surface area contributed by atoms with Crippen LogP contribution in [0.1, 0.15) is 30.9 Å². The topological polar surface area (TPSA) is 36.3 Å². The fourth-order valence-electron chi connectivity index (χ4n) is 2.54. The highest BCUT2D eigenvalue weighted by molar-refractivity contribution is 5.65. The number of fused-ring (bicyclic) bond motifs is 1. The Morgan fingerprint density at radius 2 is 2.25 bits per heavy atom. The Balaban J connectivity index is 2.33. The van der Waals surface area contributed by atoms with Crippen LogP contribution >= 0.6 is 0 Å². The van der Waals surface area contributed by atoms with Gasteiger partial charge in [-0.05, 0) is 43.7 Å². The average Bonchev–Trinajstić information content (AvgIpc) is 2.50. The van der Waals surface area contributed by atoms with Crippen LogP contribution in [0.5, 0.6) is 5.75 Å². The number of nitrogens with zero attached hydrogens (tertiary/aromatic N) is 2. The minimum atomic E-state index is 0.528. The highest BCUT2D eigenvalue weighted by atomic mass is 16.5. The molecule has 1 aliphatic rings. The molecule has 1 aromatic rings. The molecule has 0 saturated carbocycles. The summed E-state index contributed by atoms with van der Waals surface area (Å²) < 4.78 is 5.45. The molecule has 1 aromatic carbocycles. The maximum atomic E-state index is 8.78. The van der Waals surface area contributed by atoms with Crippen LogP contribution in [0.2, 0.25) is 0 Å². The van der Waals surface area contributed by atoms with E-state index in [1.54, 1.807) is 7.11 Å². The van der Waals surface area contributed by atoms with Gasteiger partial charge in [0.05, 0.1) is 19.6 Å². The molecular formula is C17H20N2O. The van der Waals surface area contributed by atoms with E-state index in [2.05, 4.69) is 23.1 Å². The number of nitriles is 1. The second kappa shape index (κ2) is 6.81. The summed E-state index contributed by atoms with van der Waals surface area (Å²) in [7, 11) is 1.71. The van der Waals surface area contributed by atoms with Gasteiger partial charge in [0.15, 0.2) is 0 Å². The summed E-state index contributed by atoms with van der Waals surface area (Å²) in [6.07, 6.45) is 8.78. The van der Waals surface area contributed by atoms with Gasteiger partial charge in [-0.1, -0.05) is 18.2 Å². The van der Waals surface area contributed by atoms with Gasteiger partial charge >= 0.3 is 0 Å². The predicted molar refractivity (Wildman–Crippen MR) is 81.0 cm³/mol. The third-order valence-electron chi connectivity index (χ3n) is 3.50. The zero-order chi connectivity index (χ0) is 14.4. The fourth-order valence-corrected chi connectivity index (χ4v) is 2.54. The molecule has 0 radical (unpaired) electrons. The first-order chi connectivity index (χ1) is 9.80. The van der Waals surface area contributed by atoms with E-state index in [0.717, 1.165) is 25.1 Å². The Morgan fingerprint density at radius 3 is 2.95 bits per heavy atom. The SMILES string of the molecule is C/C=C/N(CCC#N)C1=Cc2c(cccc2OC)CC1. The molecule has 0 N–H and O–H groups in total. The lowest BCUT2D eigenvalue weighted by Crippen LogP contribution is -2.20. The maximum absolute atomic E-state index is 8.78. The standard InChI is InChI=1S/C17H20N2O/c1-3-11-19(12-5-10-18)15-9-8-14-6-4-7-17(20-2)16(14)13-15/h3-4,6-7,11,13H,5,8-9,12H2,1-2H3/b11-3+. The summed E-state index contributed by atoms with van der Waals surface area (Å²) in [4.78, 5) is 2.17. The van der Waals surface area contributed by atoms with E-state index in [0.29, 0.717) is 6.42 Å². The van der Waals surface area contributed by atoms with Crippen molar-refractivity contribution in [3.05, 3.63) is 47.3 Å². The van der Waals surface area contributed by atoms with E-state index in [-0.39, 0.29) is 0 Å². The molecule has 0 unspecified atom stereocenters. The molecule has 0 saturated heterocycles. The van der Waals surface area contributed by atoms with Crippen molar-refractivity contribution >= 4 is 6.08 Å². The molecule has 0 aromatic heterocycles. The first-order valence-corrected chi connectivity index (χ1v) is 6.93. The van der Waals surface area contributed by atoms with E-state index in [1.165, 1.54) is 16.8 Å². The third kappa shape index (κ3) is 3.03. The molecule has 0 bridgehead atoms. The monoisotopic (exact) mass is 268 g/mol. The summed E-state index contributed by atoms with van der Waals surface area (Å²) in [5.41, 5.74) is 3.74. The van der Waals surface area contributed by atoms with Crippen molar-refractivity contribution in [1.82, 2.24) is 4.90 Å². The van der Waals surface area contributed by atoms with Gasteiger partial charge in [-0.15, -0.1) is 0 Å². The average molecular weight is 268 g/mol. The van der Waals surface area contributed by atoms with Gasteiger partial charge in [-0.3, -0.25) is 0 Å².